The Hall–Kier alpha value is -3.93. The van der Waals surface area contributed by atoms with Crippen LogP contribution < -0.4 is 9.64 Å². The summed E-state index contributed by atoms with van der Waals surface area (Å²) in [6.07, 6.45) is 5.09. The van der Waals surface area contributed by atoms with Crippen molar-refractivity contribution in [2.45, 2.75) is 0 Å². The van der Waals surface area contributed by atoms with Crippen molar-refractivity contribution in [2.75, 3.05) is 71.0 Å². The zero-order chi connectivity index (χ0) is 29.7. The van der Waals surface area contributed by atoms with Crippen LogP contribution in [0.15, 0.2) is 48.7 Å². The Bertz CT molecular complexity index is 1770. The van der Waals surface area contributed by atoms with Gasteiger partial charge >= 0.3 is 6.01 Å². The number of nitrogens with zero attached hydrogens (tertiary/aromatic N) is 6. The lowest BCUT2D eigenvalue weighted by Gasteiger charge is -2.54. The highest BCUT2D eigenvalue weighted by atomic mass is 35.5. The molecule has 0 bridgehead atoms. The molecule has 4 aromatic rings. The molecule has 0 saturated carbocycles. The van der Waals surface area contributed by atoms with Gasteiger partial charge in [-0.15, -0.1) is 0 Å². The minimum Gasteiger partial charge on any atom is -0.467 e. The summed E-state index contributed by atoms with van der Waals surface area (Å²) in [5.41, 5.74) is 0.727. The second-order valence-corrected chi connectivity index (χ2v) is 11.7. The zero-order valence-corrected chi connectivity index (χ0v) is 24.3. The maximum absolute atomic E-state index is 16.2. The molecule has 3 fully saturated rings. The van der Waals surface area contributed by atoms with E-state index in [1.165, 1.54) is 19.4 Å². The van der Waals surface area contributed by atoms with Gasteiger partial charge in [0.25, 0.3) is 0 Å². The lowest BCUT2D eigenvalue weighted by Crippen LogP contribution is -2.65. The molecule has 0 unspecified atom stereocenters. The number of likely N-dealkylation sites (tertiary alicyclic amines) is 1. The van der Waals surface area contributed by atoms with E-state index in [0.29, 0.717) is 59.1 Å². The number of anilines is 1. The van der Waals surface area contributed by atoms with Gasteiger partial charge < -0.3 is 19.3 Å². The summed E-state index contributed by atoms with van der Waals surface area (Å²) in [4.78, 5) is 32.2. The lowest BCUT2D eigenvalue weighted by atomic mass is 9.78. The molecule has 1 spiro atoms. The van der Waals surface area contributed by atoms with Crippen LogP contribution in [0.1, 0.15) is 0 Å². The second-order valence-electron chi connectivity index (χ2n) is 11.4. The number of ether oxygens (including phenoxy) is 2. The Kier molecular flexibility index (Phi) is 7.11. The van der Waals surface area contributed by atoms with Gasteiger partial charge in [0.2, 0.25) is 5.91 Å². The second kappa shape index (κ2) is 11.0. The number of pyridine rings is 1. The van der Waals surface area contributed by atoms with E-state index in [1.54, 1.807) is 35.2 Å². The van der Waals surface area contributed by atoms with Crippen LogP contribution >= 0.6 is 11.6 Å². The number of carbonyl (C=O) groups is 1. The van der Waals surface area contributed by atoms with Crippen LogP contribution in [0.4, 0.5) is 14.6 Å². The summed E-state index contributed by atoms with van der Waals surface area (Å²) < 4.78 is 41.2. The fourth-order valence-electron chi connectivity index (χ4n) is 6.20. The quantitative estimate of drug-likeness (QED) is 0.300. The molecule has 0 radical (unpaired) electrons. The summed E-state index contributed by atoms with van der Waals surface area (Å²) in [6.45, 7) is 6.42. The highest BCUT2D eigenvalue weighted by Gasteiger charge is 2.48. The van der Waals surface area contributed by atoms with Crippen LogP contribution in [0.2, 0.25) is 5.02 Å². The van der Waals surface area contributed by atoms with Gasteiger partial charge in [0.15, 0.2) is 5.82 Å². The Labute approximate surface area is 251 Å². The van der Waals surface area contributed by atoms with E-state index in [1.807, 2.05) is 11.0 Å². The molecule has 0 atom stereocenters. The molecule has 12 heteroatoms. The van der Waals surface area contributed by atoms with Crippen LogP contribution in [0, 0.1) is 17.0 Å². The fraction of sp³-hybridized carbons (Fsp3) is 0.355. The molecule has 222 valence electrons. The van der Waals surface area contributed by atoms with Crippen LogP contribution in [0.3, 0.4) is 0 Å². The molecular formula is C31H29ClF2N6O3. The topological polar surface area (TPSA) is 83.9 Å². The van der Waals surface area contributed by atoms with Gasteiger partial charge in [-0.3, -0.25) is 14.7 Å². The number of aromatic nitrogens is 3. The SMILES string of the molecule is COc1nc(N2CCN(C(=O)/C=C/CN3CC4(COC4)C3)CC2)c2cnc(-c3cccc4ccc(F)c(Cl)c34)c(F)c2n1. The number of hydrogen-bond donors (Lipinski definition) is 0. The average Bonchev–Trinajstić information content (AvgIpc) is 2.99. The summed E-state index contributed by atoms with van der Waals surface area (Å²) in [6, 6.07) is 8.04. The number of carbonyl (C=O) groups excluding carboxylic acids is 1. The maximum atomic E-state index is 16.2. The number of benzene rings is 2. The molecule has 3 saturated heterocycles. The van der Waals surface area contributed by atoms with E-state index in [4.69, 9.17) is 21.1 Å². The van der Waals surface area contributed by atoms with Gasteiger partial charge in [0.05, 0.1) is 30.7 Å². The van der Waals surface area contributed by atoms with E-state index in [9.17, 15) is 9.18 Å². The van der Waals surface area contributed by atoms with Gasteiger partial charge in [-0.05, 0) is 11.5 Å². The lowest BCUT2D eigenvalue weighted by molar-refractivity contribution is -0.186. The molecule has 2 aromatic heterocycles. The van der Waals surface area contributed by atoms with Gasteiger partial charge in [-0.25, -0.2) is 8.78 Å². The molecule has 2 aromatic carbocycles. The van der Waals surface area contributed by atoms with Gasteiger partial charge in [0, 0.05) is 74.5 Å². The predicted molar refractivity (Wildman–Crippen MR) is 159 cm³/mol. The van der Waals surface area contributed by atoms with E-state index in [-0.39, 0.29) is 28.2 Å². The summed E-state index contributed by atoms with van der Waals surface area (Å²) in [5, 5.41) is 1.33. The van der Waals surface area contributed by atoms with Crippen molar-refractivity contribution in [1.82, 2.24) is 24.8 Å². The minimum atomic E-state index is -0.691. The monoisotopic (exact) mass is 606 g/mol. The molecule has 7 rings (SSSR count). The van der Waals surface area contributed by atoms with Crippen molar-refractivity contribution in [3.8, 4) is 17.3 Å². The number of fused-ring (bicyclic) bond motifs is 2. The zero-order valence-electron chi connectivity index (χ0n) is 23.5. The summed E-state index contributed by atoms with van der Waals surface area (Å²) in [5.74, 6) is -0.856. The molecular weight excluding hydrogens is 578 g/mol. The third-order valence-corrected chi connectivity index (χ3v) is 8.84. The standard InChI is InChI=1S/C31H29ClF2N6O3/c1-42-30-36-28-21(14-35-27(26(28)34)20-5-2-4-19-7-8-22(33)25(32)24(19)20)29(37-30)40-12-10-39(11-13-40)23(41)6-3-9-38-15-31(16-38)17-43-18-31/h2-8,14H,9-13,15-18H2,1H3/b6-3+. The third-order valence-electron chi connectivity index (χ3n) is 8.47. The highest BCUT2D eigenvalue weighted by molar-refractivity contribution is 6.36. The van der Waals surface area contributed by atoms with Crippen LogP contribution in [-0.4, -0.2) is 96.8 Å². The van der Waals surface area contributed by atoms with Crippen LogP contribution in [0.5, 0.6) is 6.01 Å². The van der Waals surface area contributed by atoms with E-state index in [2.05, 4.69) is 19.9 Å². The van der Waals surface area contributed by atoms with E-state index >= 15 is 4.39 Å². The first kappa shape index (κ1) is 27.9. The number of hydrogen-bond acceptors (Lipinski definition) is 8. The maximum Gasteiger partial charge on any atom is 0.318 e. The van der Waals surface area contributed by atoms with Crippen LogP contribution in [-0.2, 0) is 9.53 Å². The largest absolute Gasteiger partial charge is 0.467 e. The molecule has 5 heterocycles. The molecule has 9 nitrogen and oxygen atoms in total. The molecule has 0 N–H and O–H groups in total. The number of piperazine rings is 1. The van der Waals surface area contributed by atoms with Crippen LogP contribution in [0.25, 0.3) is 32.9 Å². The first-order chi connectivity index (χ1) is 20.9. The van der Waals surface area contributed by atoms with Crippen molar-refractivity contribution in [3.05, 3.63) is 65.3 Å². The van der Waals surface area contributed by atoms with Gasteiger partial charge in [-0.2, -0.15) is 9.97 Å². The fourth-order valence-corrected chi connectivity index (χ4v) is 6.47. The first-order valence-corrected chi connectivity index (χ1v) is 14.5. The van der Waals surface area contributed by atoms with Crippen molar-refractivity contribution >= 4 is 45.0 Å². The van der Waals surface area contributed by atoms with E-state index < -0.39 is 11.6 Å². The summed E-state index contributed by atoms with van der Waals surface area (Å²) in [7, 11) is 1.42. The Morgan fingerprint density at radius 1 is 1.12 bits per heavy atom. The summed E-state index contributed by atoms with van der Waals surface area (Å²) >= 11 is 6.31. The van der Waals surface area contributed by atoms with Gasteiger partial charge in [-0.1, -0.05) is 41.9 Å². The smallest absolute Gasteiger partial charge is 0.318 e. The molecule has 0 aliphatic carbocycles. The first-order valence-electron chi connectivity index (χ1n) is 14.1. The Morgan fingerprint density at radius 3 is 2.63 bits per heavy atom. The Balaban J connectivity index is 1.11. The predicted octanol–water partition coefficient (Wildman–Crippen LogP) is 4.32. The van der Waals surface area contributed by atoms with Crippen molar-refractivity contribution < 1.29 is 23.0 Å². The van der Waals surface area contributed by atoms with Gasteiger partial charge in [0.1, 0.15) is 22.8 Å². The Morgan fingerprint density at radius 2 is 1.91 bits per heavy atom. The number of methoxy groups -OCH3 is 1. The molecule has 3 aliphatic rings. The highest BCUT2D eigenvalue weighted by Crippen LogP contribution is 2.39. The number of halogens is 3. The van der Waals surface area contributed by atoms with E-state index in [0.717, 1.165) is 32.8 Å². The normalized spacial score (nSPS) is 18.4. The van der Waals surface area contributed by atoms with Crippen molar-refractivity contribution in [3.63, 3.8) is 0 Å². The number of amides is 1. The molecule has 1 amide bonds. The average molecular weight is 607 g/mol. The third kappa shape index (κ3) is 4.95. The van der Waals surface area contributed by atoms with Crippen molar-refractivity contribution in [1.29, 1.82) is 0 Å². The molecule has 3 aliphatic heterocycles. The number of rotatable bonds is 6. The molecule has 43 heavy (non-hydrogen) atoms. The minimum absolute atomic E-state index is 0.00298. The van der Waals surface area contributed by atoms with Crippen molar-refractivity contribution in [2.24, 2.45) is 5.41 Å².